The zero-order valence-electron chi connectivity index (χ0n) is 12.3. The van der Waals surface area contributed by atoms with Crippen molar-refractivity contribution in [2.45, 2.75) is 0 Å². The van der Waals surface area contributed by atoms with Gasteiger partial charge in [-0.1, -0.05) is 11.6 Å². The Morgan fingerprint density at radius 3 is 2.74 bits per heavy atom. The van der Waals surface area contributed by atoms with E-state index >= 15 is 0 Å². The van der Waals surface area contributed by atoms with E-state index in [9.17, 15) is 4.79 Å². The summed E-state index contributed by atoms with van der Waals surface area (Å²) in [6.45, 7) is 0. The van der Waals surface area contributed by atoms with Crippen LogP contribution in [0.5, 0.6) is 5.75 Å². The van der Waals surface area contributed by atoms with E-state index in [4.69, 9.17) is 16.3 Å². The number of amides is 1. The molecule has 3 rings (SSSR count). The second-order valence-electron chi connectivity index (χ2n) is 4.89. The maximum absolute atomic E-state index is 12.1. The van der Waals surface area contributed by atoms with Crippen LogP contribution in [0.4, 0.5) is 0 Å². The van der Waals surface area contributed by atoms with E-state index in [-0.39, 0.29) is 5.91 Å². The Hall–Kier alpha value is -2.79. The molecule has 1 amide bonds. The Bertz CT molecular complexity index is 869. The number of rotatable bonds is 4. The van der Waals surface area contributed by atoms with Gasteiger partial charge in [-0.25, -0.2) is 5.43 Å². The summed E-state index contributed by atoms with van der Waals surface area (Å²) in [7, 11) is 1.61. The van der Waals surface area contributed by atoms with Gasteiger partial charge in [0.2, 0.25) is 0 Å². The summed E-state index contributed by atoms with van der Waals surface area (Å²) in [6.07, 6.45) is 1.57. The van der Waals surface area contributed by atoms with Crippen molar-refractivity contribution in [3.05, 3.63) is 64.8 Å². The molecule has 23 heavy (non-hydrogen) atoms. The van der Waals surface area contributed by atoms with Gasteiger partial charge in [-0.2, -0.15) is 5.10 Å². The molecule has 0 unspecified atom stereocenters. The summed E-state index contributed by atoms with van der Waals surface area (Å²) in [4.78, 5) is 15.1. The highest BCUT2D eigenvalue weighted by Crippen LogP contribution is 2.20. The first-order valence-corrected chi connectivity index (χ1v) is 7.29. The van der Waals surface area contributed by atoms with Gasteiger partial charge in [0.05, 0.1) is 13.3 Å². The highest BCUT2D eigenvalue weighted by Gasteiger charge is 2.08. The molecule has 0 saturated carbocycles. The third-order valence-electron chi connectivity index (χ3n) is 3.32. The molecule has 0 fully saturated rings. The van der Waals surface area contributed by atoms with E-state index in [1.807, 2.05) is 30.3 Å². The topological polar surface area (TPSA) is 66.5 Å². The zero-order valence-corrected chi connectivity index (χ0v) is 13.1. The van der Waals surface area contributed by atoms with E-state index in [2.05, 4.69) is 15.5 Å². The molecule has 1 heterocycles. The van der Waals surface area contributed by atoms with Crippen molar-refractivity contribution in [3.63, 3.8) is 0 Å². The lowest BCUT2D eigenvalue weighted by Gasteiger charge is -1.99. The van der Waals surface area contributed by atoms with E-state index < -0.39 is 0 Å². The van der Waals surface area contributed by atoms with E-state index in [0.717, 1.165) is 22.2 Å². The average molecular weight is 328 g/mol. The number of carbonyl (C=O) groups excluding carboxylic acids is 1. The number of nitrogens with one attached hydrogen (secondary N) is 2. The molecule has 0 bridgehead atoms. The number of aromatic amines is 1. The highest BCUT2D eigenvalue weighted by molar-refractivity contribution is 6.31. The number of aromatic nitrogens is 1. The Morgan fingerprint density at radius 2 is 2.00 bits per heavy atom. The molecule has 0 aliphatic carbocycles. The van der Waals surface area contributed by atoms with Gasteiger partial charge in [-0.3, -0.25) is 4.79 Å². The normalized spacial score (nSPS) is 11.0. The fourth-order valence-electron chi connectivity index (χ4n) is 2.14. The fourth-order valence-corrected chi connectivity index (χ4v) is 2.32. The lowest BCUT2D eigenvalue weighted by atomic mass is 10.2. The molecule has 3 aromatic rings. The zero-order chi connectivity index (χ0) is 16.2. The molecule has 0 spiro atoms. The number of nitrogens with zero attached hydrogens (tertiary/aromatic N) is 1. The minimum Gasteiger partial charge on any atom is -0.497 e. The first-order valence-electron chi connectivity index (χ1n) is 6.91. The molecule has 0 aliphatic rings. The van der Waals surface area contributed by atoms with Crippen molar-refractivity contribution in [1.82, 2.24) is 10.4 Å². The minimum atomic E-state index is -0.318. The number of halogens is 1. The SMILES string of the molecule is COc1ccc(C=NNC(=O)c2cc3cc(Cl)ccc3[nH]2)cc1. The van der Waals surface area contributed by atoms with Gasteiger partial charge in [0, 0.05) is 15.9 Å². The van der Waals surface area contributed by atoms with Crippen LogP contribution in [0.25, 0.3) is 10.9 Å². The Balaban J connectivity index is 1.68. The van der Waals surface area contributed by atoms with Crippen LogP contribution in [-0.4, -0.2) is 24.2 Å². The molecule has 0 aliphatic heterocycles. The second-order valence-corrected chi connectivity index (χ2v) is 5.32. The van der Waals surface area contributed by atoms with Crippen molar-refractivity contribution in [2.24, 2.45) is 5.10 Å². The van der Waals surface area contributed by atoms with Gasteiger partial charge in [0.1, 0.15) is 11.4 Å². The maximum atomic E-state index is 12.1. The van der Waals surface area contributed by atoms with Crippen LogP contribution in [0.15, 0.2) is 53.6 Å². The smallest absolute Gasteiger partial charge is 0.287 e. The molecule has 116 valence electrons. The quantitative estimate of drug-likeness (QED) is 0.568. The third-order valence-corrected chi connectivity index (χ3v) is 3.56. The van der Waals surface area contributed by atoms with Crippen LogP contribution in [0, 0.1) is 0 Å². The van der Waals surface area contributed by atoms with Crippen molar-refractivity contribution in [3.8, 4) is 5.75 Å². The molecule has 0 atom stereocenters. The number of fused-ring (bicyclic) bond motifs is 1. The van der Waals surface area contributed by atoms with Gasteiger partial charge in [0.15, 0.2) is 0 Å². The van der Waals surface area contributed by atoms with Crippen molar-refractivity contribution in [1.29, 1.82) is 0 Å². The number of benzene rings is 2. The Labute approximate surface area is 137 Å². The van der Waals surface area contributed by atoms with Crippen molar-refractivity contribution in [2.75, 3.05) is 7.11 Å². The molecule has 6 heteroatoms. The van der Waals surface area contributed by atoms with Crippen LogP contribution in [-0.2, 0) is 0 Å². The molecule has 0 radical (unpaired) electrons. The first kappa shape index (κ1) is 15.1. The van der Waals surface area contributed by atoms with Crippen LogP contribution in [0.2, 0.25) is 5.02 Å². The predicted molar refractivity (Wildman–Crippen MR) is 91.4 cm³/mol. The fraction of sp³-hybridized carbons (Fsp3) is 0.0588. The largest absolute Gasteiger partial charge is 0.497 e. The molecule has 5 nitrogen and oxygen atoms in total. The highest BCUT2D eigenvalue weighted by atomic mass is 35.5. The number of ether oxygens (including phenoxy) is 1. The standard InChI is InChI=1S/C17H14ClN3O2/c1-23-14-5-2-11(3-6-14)10-19-21-17(22)16-9-12-8-13(18)4-7-15(12)20-16/h2-10,20H,1H3,(H,21,22). The van der Waals surface area contributed by atoms with Crippen LogP contribution in [0.1, 0.15) is 16.1 Å². The Morgan fingerprint density at radius 1 is 1.22 bits per heavy atom. The number of hydrazone groups is 1. The lowest BCUT2D eigenvalue weighted by molar-refractivity contribution is 0.0951. The molecule has 2 aromatic carbocycles. The van der Waals surface area contributed by atoms with Gasteiger partial charge in [-0.05, 0) is 54.1 Å². The average Bonchev–Trinajstić information content (AvgIpc) is 2.98. The number of hydrogen-bond donors (Lipinski definition) is 2. The number of H-pyrrole nitrogens is 1. The summed E-state index contributed by atoms with van der Waals surface area (Å²) in [6, 6.07) is 14.5. The van der Waals surface area contributed by atoms with Gasteiger partial charge in [0.25, 0.3) is 5.91 Å². The summed E-state index contributed by atoms with van der Waals surface area (Å²) >= 11 is 5.93. The summed E-state index contributed by atoms with van der Waals surface area (Å²) in [5.74, 6) is 0.449. The van der Waals surface area contributed by atoms with Gasteiger partial charge < -0.3 is 9.72 Å². The second kappa shape index (κ2) is 6.54. The van der Waals surface area contributed by atoms with E-state index in [1.165, 1.54) is 0 Å². The summed E-state index contributed by atoms with van der Waals surface area (Å²) in [5.41, 5.74) is 4.61. The van der Waals surface area contributed by atoms with Crippen LogP contribution >= 0.6 is 11.6 Å². The Kier molecular flexibility index (Phi) is 4.30. The number of hydrogen-bond acceptors (Lipinski definition) is 3. The maximum Gasteiger partial charge on any atom is 0.287 e. The van der Waals surface area contributed by atoms with E-state index in [1.54, 1.807) is 31.5 Å². The predicted octanol–water partition coefficient (Wildman–Crippen LogP) is 3.59. The molecule has 0 saturated heterocycles. The number of methoxy groups -OCH3 is 1. The minimum absolute atomic E-state index is 0.318. The molecule has 1 aromatic heterocycles. The third kappa shape index (κ3) is 3.52. The summed E-state index contributed by atoms with van der Waals surface area (Å²) < 4.78 is 5.08. The molecular formula is C17H14ClN3O2. The molecule has 2 N–H and O–H groups in total. The summed E-state index contributed by atoms with van der Waals surface area (Å²) in [5, 5.41) is 5.45. The lowest BCUT2D eigenvalue weighted by Crippen LogP contribution is -2.17. The number of carbonyl (C=O) groups is 1. The van der Waals surface area contributed by atoms with Crippen molar-refractivity contribution >= 4 is 34.6 Å². The molecular weight excluding hydrogens is 314 g/mol. The van der Waals surface area contributed by atoms with Crippen LogP contribution < -0.4 is 10.2 Å². The monoisotopic (exact) mass is 327 g/mol. The van der Waals surface area contributed by atoms with Gasteiger partial charge in [-0.15, -0.1) is 0 Å². The van der Waals surface area contributed by atoms with Crippen molar-refractivity contribution < 1.29 is 9.53 Å². The van der Waals surface area contributed by atoms with Gasteiger partial charge >= 0.3 is 0 Å². The van der Waals surface area contributed by atoms with E-state index in [0.29, 0.717) is 10.7 Å². The first-order chi connectivity index (χ1) is 11.2. The van der Waals surface area contributed by atoms with Crippen LogP contribution in [0.3, 0.4) is 0 Å².